The number of piperidine rings is 1. The van der Waals surface area contributed by atoms with Crippen molar-refractivity contribution in [3.8, 4) is 11.3 Å². The summed E-state index contributed by atoms with van der Waals surface area (Å²) in [5.41, 5.74) is 9.30. The summed E-state index contributed by atoms with van der Waals surface area (Å²) in [6.45, 7) is 3.22. The molecule has 34 heavy (non-hydrogen) atoms. The van der Waals surface area contributed by atoms with Gasteiger partial charge in [-0.15, -0.1) is 12.4 Å². The Morgan fingerprint density at radius 3 is 2.74 bits per heavy atom. The largest absolute Gasteiger partial charge is 0.368 e. The van der Waals surface area contributed by atoms with E-state index < -0.39 is 11.1 Å². The van der Waals surface area contributed by atoms with Gasteiger partial charge in [0.15, 0.2) is 0 Å². The number of rotatable bonds is 3. The van der Waals surface area contributed by atoms with Gasteiger partial charge in [-0.3, -0.25) is 14.9 Å². The molecule has 1 atom stereocenters. The van der Waals surface area contributed by atoms with Gasteiger partial charge < -0.3 is 10.6 Å². The number of hydrogen-bond acceptors (Lipinski definition) is 7. The Morgan fingerprint density at radius 2 is 2.03 bits per heavy atom. The van der Waals surface area contributed by atoms with Crippen LogP contribution >= 0.6 is 24.2 Å². The fourth-order valence-corrected chi connectivity index (χ4v) is 4.97. The first-order valence-electron chi connectivity index (χ1n) is 10.7. The van der Waals surface area contributed by atoms with Crippen LogP contribution in [0.25, 0.3) is 28.2 Å². The minimum Gasteiger partial charge on any atom is -0.368 e. The highest BCUT2D eigenvalue weighted by Gasteiger charge is 2.25. The molecule has 10 heteroatoms. The van der Waals surface area contributed by atoms with Crippen molar-refractivity contribution in [2.75, 3.05) is 18.0 Å². The average molecular weight is 500 g/mol. The molecule has 2 aliphatic rings. The van der Waals surface area contributed by atoms with E-state index in [4.69, 9.17) is 5.73 Å². The average Bonchev–Trinajstić information content (AvgIpc) is 3.09. The highest BCUT2D eigenvalue weighted by molar-refractivity contribution is 8.18. The Morgan fingerprint density at radius 1 is 1.21 bits per heavy atom. The molecule has 0 spiro atoms. The topological polar surface area (TPSA) is 101 Å². The van der Waals surface area contributed by atoms with Gasteiger partial charge in [-0.25, -0.2) is 14.4 Å². The fourth-order valence-electron chi connectivity index (χ4n) is 4.28. The maximum absolute atomic E-state index is 15.2. The monoisotopic (exact) mass is 499 g/mol. The molecule has 3 aromatic rings. The molecule has 2 saturated heterocycles. The normalized spacial score (nSPS) is 19.4. The van der Waals surface area contributed by atoms with Crippen molar-refractivity contribution in [3.63, 3.8) is 0 Å². The molecule has 2 amide bonds. The number of hydrogen-bond donors (Lipinski definition) is 2. The van der Waals surface area contributed by atoms with Crippen LogP contribution in [0.5, 0.6) is 0 Å². The van der Waals surface area contributed by atoms with E-state index >= 15 is 4.39 Å². The number of aryl methyl sites for hydroxylation is 1. The van der Waals surface area contributed by atoms with Gasteiger partial charge in [0.1, 0.15) is 11.6 Å². The second kappa shape index (κ2) is 9.69. The van der Waals surface area contributed by atoms with E-state index in [0.717, 1.165) is 42.1 Å². The molecule has 2 aliphatic heterocycles. The molecule has 2 fully saturated rings. The molecule has 3 heterocycles. The summed E-state index contributed by atoms with van der Waals surface area (Å²) < 4.78 is 15.2. The Labute approximate surface area is 206 Å². The van der Waals surface area contributed by atoms with Crippen molar-refractivity contribution in [2.24, 2.45) is 5.73 Å². The molecule has 0 saturated carbocycles. The van der Waals surface area contributed by atoms with Crippen LogP contribution in [0.3, 0.4) is 0 Å². The Kier molecular flexibility index (Phi) is 6.88. The number of aromatic nitrogens is 2. The lowest BCUT2D eigenvalue weighted by Gasteiger charge is -2.32. The first-order chi connectivity index (χ1) is 15.9. The van der Waals surface area contributed by atoms with Gasteiger partial charge in [0.05, 0.1) is 21.8 Å². The van der Waals surface area contributed by atoms with Crippen LogP contribution in [0.2, 0.25) is 0 Å². The summed E-state index contributed by atoms with van der Waals surface area (Å²) in [6.07, 6.45) is 3.55. The third kappa shape index (κ3) is 4.77. The Bertz CT molecular complexity index is 1330. The van der Waals surface area contributed by atoms with E-state index in [-0.39, 0.29) is 24.3 Å². The highest BCUT2D eigenvalue weighted by Crippen LogP contribution is 2.32. The molecular formula is C24H23ClFN5O2S. The van der Waals surface area contributed by atoms with Crippen molar-refractivity contribution >= 4 is 58.0 Å². The van der Waals surface area contributed by atoms with Crippen LogP contribution < -0.4 is 16.0 Å². The molecule has 176 valence electrons. The van der Waals surface area contributed by atoms with Crippen molar-refractivity contribution in [2.45, 2.75) is 25.8 Å². The van der Waals surface area contributed by atoms with Gasteiger partial charge in [-0.2, -0.15) is 0 Å². The number of nitrogens with zero attached hydrogens (tertiary/aromatic N) is 3. The van der Waals surface area contributed by atoms with Crippen LogP contribution in [0.15, 0.2) is 41.3 Å². The quantitative estimate of drug-likeness (QED) is 0.514. The molecule has 0 bridgehead atoms. The lowest BCUT2D eigenvalue weighted by Crippen LogP contribution is -2.43. The zero-order valence-electron chi connectivity index (χ0n) is 18.4. The van der Waals surface area contributed by atoms with Crippen LogP contribution in [-0.4, -0.2) is 40.2 Å². The van der Waals surface area contributed by atoms with Gasteiger partial charge in [0, 0.05) is 30.1 Å². The number of carbonyl (C=O) groups excluding carboxylic acids is 2. The molecule has 2 aromatic carbocycles. The van der Waals surface area contributed by atoms with Gasteiger partial charge in [-0.05, 0) is 67.4 Å². The number of fused-ring (bicyclic) bond motifs is 1. The SMILES string of the molecule is Cc1nc(-c2ccc(N3CCC[C@H](N)C3)c(F)c2)c2cc(C=C3SC(=O)NC3=O)ccc2n1.Cl. The molecule has 3 N–H and O–H groups in total. The summed E-state index contributed by atoms with van der Waals surface area (Å²) >= 11 is 0.861. The maximum atomic E-state index is 15.2. The van der Waals surface area contributed by atoms with Crippen LogP contribution in [0.4, 0.5) is 14.9 Å². The molecule has 0 radical (unpaired) electrons. The number of amides is 2. The van der Waals surface area contributed by atoms with Crippen molar-refractivity contribution in [1.82, 2.24) is 15.3 Å². The maximum Gasteiger partial charge on any atom is 0.290 e. The predicted molar refractivity (Wildman–Crippen MR) is 135 cm³/mol. The van der Waals surface area contributed by atoms with Gasteiger partial charge >= 0.3 is 0 Å². The molecular weight excluding hydrogens is 477 g/mol. The lowest BCUT2D eigenvalue weighted by atomic mass is 10.0. The molecule has 1 aromatic heterocycles. The van der Waals surface area contributed by atoms with Gasteiger partial charge in [0.2, 0.25) is 0 Å². The van der Waals surface area contributed by atoms with Crippen LogP contribution in [0.1, 0.15) is 24.2 Å². The van der Waals surface area contributed by atoms with Crippen LogP contribution in [-0.2, 0) is 4.79 Å². The van der Waals surface area contributed by atoms with Crippen molar-refractivity contribution < 1.29 is 14.0 Å². The van der Waals surface area contributed by atoms with E-state index in [1.807, 2.05) is 29.2 Å². The molecule has 0 unspecified atom stereocenters. The molecule has 0 aliphatic carbocycles. The summed E-state index contributed by atoms with van der Waals surface area (Å²) in [6, 6.07) is 10.7. The van der Waals surface area contributed by atoms with Crippen LogP contribution in [0, 0.1) is 12.7 Å². The number of nitrogens with two attached hydrogens (primary N) is 1. The third-order valence-corrected chi connectivity index (χ3v) is 6.60. The zero-order chi connectivity index (χ0) is 23.1. The summed E-state index contributed by atoms with van der Waals surface area (Å²) in [5, 5.41) is 2.59. The second-order valence-corrected chi connectivity index (χ2v) is 9.28. The first kappa shape index (κ1) is 24.1. The smallest absolute Gasteiger partial charge is 0.290 e. The minimum absolute atomic E-state index is 0. The van der Waals surface area contributed by atoms with Gasteiger partial charge in [-0.1, -0.05) is 12.1 Å². The lowest BCUT2D eigenvalue weighted by molar-refractivity contribution is -0.115. The standard InChI is InChI=1S/C24H22FN5O2S.ClH/c1-13-27-19-6-4-14(10-21-23(31)29-24(32)33-21)9-17(19)22(28-13)15-5-7-20(18(25)11-15)30-8-2-3-16(26)12-30;/h4-7,9-11,16H,2-3,8,12,26H2,1H3,(H,29,31,32);1H/t16-;/m0./s1. The predicted octanol–water partition coefficient (Wildman–Crippen LogP) is 4.42. The zero-order valence-corrected chi connectivity index (χ0v) is 20.0. The summed E-state index contributed by atoms with van der Waals surface area (Å²) in [4.78, 5) is 34.8. The van der Waals surface area contributed by atoms with Crippen molar-refractivity contribution in [1.29, 1.82) is 0 Å². The van der Waals surface area contributed by atoms with Gasteiger partial charge in [0.25, 0.3) is 11.1 Å². The summed E-state index contributed by atoms with van der Waals surface area (Å²) in [5.74, 6) is -0.159. The van der Waals surface area contributed by atoms with Crippen molar-refractivity contribution in [3.05, 3.63) is 58.5 Å². The number of imide groups is 1. The third-order valence-electron chi connectivity index (χ3n) is 5.79. The minimum atomic E-state index is -0.416. The van der Waals surface area contributed by atoms with E-state index in [1.54, 1.807) is 19.1 Å². The number of nitrogens with one attached hydrogen (secondary N) is 1. The van der Waals surface area contributed by atoms with E-state index in [2.05, 4.69) is 15.3 Å². The molecule has 5 rings (SSSR count). The summed E-state index contributed by atoms with van der Waals surface area (Å²) in [7, 11) is 0. The van der Waals surface area contributed by atoms with E-state index in [1.165, 1.54) is 6.07 Å². The second-order valence-electron chi connectivity index (χ2n) is 8.26. The Hall–Kier alpha value is -3.01. The number of carbonyl (C=O) groups is 2. The number of halogens is 2. The van der Waals surface area contributed by atoms with E-state index in [0.29, 0.717) is 39.7 Å². The number of anilines is 1. The highest BCUT2D eigenvalue weighted by atomic mass is 35.5. The fraction of sp³-hybridized carbons (Fsp3) is 0.250. The van der Waals surface area contributed by atoms with E-state index in [9.17, 15) is 9.59 Å². The first-order valence-corrected chi connectivity index (χ1v) is 11.5. The molecule has 7 nitrogen and oxygen atoms in total. The number of benzene rings is 2. The Balaban J connectivity index is 0.00000274. The number of thioether (sulfide) groups is 1.